The van der Waals surface area contributed by atoms with Gasteiger partial charge in [0.15, 0.2) is 0 Å². The van der Waals surface area contributed by atoms with Gasteiger partial charge in [0.25, 0.3) is 0 Å². The van der Waals surface area contributed by atoms with Crippen LogP contribution in [0.4, 0.5) is 0 Å². The molecule has 0 N–H and O–H groups in total. The summed E-state index contributed by atoms with van der Waals surface area (Å²) in [6.45, 7) is 6.68. The van der Waals surface area contributed by atoms with E-state index in [1.165, 1.54) is 23.4 Å². The predicted molar refractivity (Wildman–Crippen MR) is 69.0 cm³/mol. The largest absolute Gasteiger partial charge is 0.303 e. The predicted octanol–water partition coefficient (Wildman–Crippen LogP) is 3.63. The summed E-state index contributed by atoms with van der Waals surface area (Å²) < 4.78 is 3.39. The van der Waals surface area contributed by atoms with Crippen molar-refractivity contribution in [3.63, 3.8) is 0 Å². The minimum atomic E-state index is 0.238. The fourth-order valence-corrected chi connectivity index (χ4v) is 2.86. The van der Waals surface area contributed by atoms with Crippen LogP contribution >= 0.6 is 15.9 Å². The second-order valence-corrected chi connectivity index (χ2v) is 6.18. The zero-order chi connectivity index (χ0) is 11.5. The third-order valence-corrected chi connectivity index (χ3v) is 4.46. The first-order chi connectivity index (χ1) is 7.49. The van der Waals surface area contributed by atoms with Crippen LogP contribution in [0.5, 0.6) is 0 Å². The lowest BCUT2D eigenvalue weighted by Crippen LogP contribution is -2.12. The summed E-state index contributed by atoms with van der Waals surface area (Å²) >= 11 is 3.59. The van der Waals surface area contributed by atoms with Crippen molar-refractivity contribution in [3.8, 4) is 0 Å². The van der Waals surface area contributed by atoms with Crippen molar-refractivity contribution in [2.75, 3.05) is 0 Å². The molecule has 0 spiro atoms. The molecular weight excluding hydrogens is 264 g/mol. The lowest BCUT2D eigenvalue weighted by atomic mass is 9.91. The van der Waals surface area contributed by atoms with E-state index in [0.717, 1.165) is 16.5 Å². The van der Waals surface area contributed by atoms with Gasteiger partial charge in [-0.25, -0.2) is 4.98 Å². The molecular formula is C13H15BrN2. The summed E-state index contributed by atoms with van der Waals surface area (Å²) in [4.78, 5) is 4.79. The quantitative estimate of drug-likeness (QED) is 0.719. The number of nitrogens with zero attached hydrogens (tertiary/aromatic N) is 2. The van der Waals surface area contributed by atoms with Crippen LogP contribution in [-0.4, -0.2) is 9.38 Å². The second-order valence-electron chi connectivity index (χ2n) is 5.32. The molecule has 16 heavy (non-hydrogen) atoms. The molecule has 0 amide bonds. The number of fused-ring (bicyclic) bond motifs is 3. The third kappa shape index (κ3) is 1.27. The standard InChI is InChI=1S/C13H15BrN2/c1-8-6-11-15-12-10(4-5-13(12,2)3)16(11)7-9(8)14/h6-7H,4-5H2,1-3H3. The van der Waals surface area contributed by atoms with Crippen LogP contribution in [0.1, 0.15) is 37.2 Å². The van der Waals surface area contributed by atoms with Gasteiger partial charge in [-0.2, -0.15) is 0 Å². The van der Waals surface area contributed by atoms with Gasteiger partial charge in [-0.05, 0) is 47.3 Å². The van der Waals surface area contributed by atoms with Gasteiger partial charge in [0.2, 0.25) is 0 Å². The zero-order valence-corrected chi connectivity index (χ0v) is 11.4. The molecule has 0 bridgehead atoms. The fourth-order valence-electron chi connectivity index (χ4n) is 2.54. The van der Waals surface area contributed by atoms with Gasteiger partial charge in [0.05, 0.1) is 5.69 Å². The lowest BCUT2D eigenvalue weighted by Gasteiger charge is -2.14. The number of hydrogen-bond donors (Lipinski definition) is 0. The molecule has 0 atom stereocenters. The molecule has 2 heterocycles. The number of imidazole rings is 1. The Kier molecular flexibility index (Phi) is 2.00. The zero-order valence-electron chi connectivity index (χ0n) is 9.84. The Hall–Kier alpha value is -0.830. The van der Waals surface area contributed by atoms with Gasteiger partial charge < -0.3 is 4.40 Å². The van der Waals surface area contributed by atoms with E-state index in [4.69, 9.17) is 4.98 Å². The Morgan fingerprint density at radius 3 is 2.94 bits per heavy atom. The van der Waals surface area contributed by atoms with Crippen molar-refractivity contribution in [2.45, 2.75) is 39.0 Å². The number of aryl methyl sites for hydroxylation is 2. The summed E-state index contributed by atoms with van der Waals surface area (Å²) in [6.07, 6.45) is 4.50. The van der Waals surface area contributed by atoms with Gasteiger partial charge in [0.1, 0.15) is 5.65 Å². The van der Waals surface area contributed by atoms with Crippen molar-refractivity contribution in [3.05, 3.63) is 33.7 Å². The summed E-state index contributed by atoms with van der Waals surface area (Å²) in [6, 6.07) is 2.15. The first-order valence-electron chi connectivity index (χ1n) is 5.66. The van der Waals surface area contributed by atoms with Crippen LogP contribution in [0.25, 0.3) is 5.65 Å². The minimum absolute atomic E-state index is 0.238. The van der Waals surface area contributed by atoms with Crippen LogP contribution in [0.15, 0.2) is 16.7 Å². The number of halogens is 1. The average Bonchev–Trinajstić information content (AvgIpc) is 2.68. The van der Waals surface area contributed by atoms with E-state index in [-0.39, 0.29) is 5.41 Å². The third-order valence-electron chi connectivity index (χ3n) is 3.63. The summed E-state index contributed by atoms with van der Waals surface area (Å²) in [5.74, 6) is 0. The maximum absolute atomic E-state index is 4.79. The average molecular weight is 279 g/mol. The van der Waals surface area contributed by atoms with E-state index in [1.54, 1.807) is 0 Å². The normalized spacial score (nSPS) is 18.0. The Bertz CT molecular complexity index is 581. The molecule has 0 aliphatic heterocycles. The molecule has 0 radical (unpaired) electrons. The summed E-state index contributed by atoms with van der Waals surface area (Å²) in [5.41, 5.74) is 5.24. The maximum Gasteiger partial charge on any atom is 0.137 e. The van der Waals surface area contributed by atoms with E-state index in [9.17, 15) is 0 Å². The summed E-state index contributed by atoms with van der Waals surface area (Å²) in [7, 11) is 0. The smallest absolute Gasteiger partial charge is 0.137 e. The Labute approximate surface area is 104 Å². The van der Waals surface area contributed by atoms with Crippen LogP contribution in [0.3, 0.4) is 0 Å². The highest BCUT2D eigenvalue weighted by atomic mass is 79.9. The molecule has 3 rings (SSSR count). The molecule has 2 aromatic heterocycles. The van der Waals surface area contributed by atoms with Crippen molar-refractivity contribution < 1.29 is 0 Å². The number of hydrogen-bond acceptors (Lipinski definition) is 1. The molecule has 0 fully saturated rings. The highest BCUT2D eigenvalue weighted by Gasteiger charge is 2.34. The van der Waals surface area contributed by atoms with E-state index < -0.39 is 0 Å². The van der Waals surface area contributed by atoms with Crippen molar-refractivity contribution in [1.82, 2.24) is 9.38 Å². The monoisotopic (exact) mass is 278 g/mol. The van der Waals surface area contributed by atoms with Crippen LogP contribution in [0.2, 0.25) is 0 Å². The first-order valence-corrected chi connectivity index (χ1v) is 6.46. The highest BCUT2D eigenvalue weighted by molar-refractivity contribution is 9.10. The van der Waals surface area contributed by atoms with Crippen LogP contribution in [-0.2, 0) is 11.8 Å². The van der Waals surface area contributed by atoms with Crippen molar-refractivity contribution in [2.24, 2.45) is 0 Å². The number of aromatic nitrogens is 2. The summed E-state index contributed by atoms with van der Waals surface area (Å²) in [5, 5.41) is 0. The molecule has 0 saturated carbocycles. The van der Waals surface area contributed by atoms with E-state index in [0.29, 0.717) is 0 Å². The van der Waals surface area contributed by atoms with E-state index in [1.807, 2.05) is 0 Å². The van der Waals surface area contributed by atoms with Gasteiger partial charge in [-0.3, -0.25) is 0 Å². The Morgan fingerprint density at radius 2 is 2.19 bits per heavy atom. The van der Waals surface area contributed by atoms with Gasteiger partial charge in [0, 0.05) is 21.8 Å². The fraction of sp³-hybridized carbons (Fsp3) is 0.462. The lowest BCUT2D eigenvalue weighted by molar-refractivity contribution is 0.510. The second kappa shape index (κ2) is 3.10. The molecule has 1 aliphatic rings. The molecule has 2 aromatic rings. The minimum Gasteiger partial charge on any atom is -0.303 e. The van der Waals surface area contributed by atoms with Gasteiger partial charge in [-0.15, -0.1) is 0 Å². The number of pyridine rings is 1. The topological polar surface area (TPSA) is 17.3 Å². The molecule has 0 saturated heterocycles. The molecule has 84 valence electrons. The van der Waals surface area contributed by atoms with E-state index >= 15 is 0 Å². The molecule has 0 unspecified atom stereocenters. The SMILES string of the molecule is Cc1cc2nc3c(n2cc1Br)CCC3(C)C. The maximum atomic E-state index is 4.79. The Morgan fingerprint density at radius 1 is 1.44 bits per heavy atom. The molecule has 2 nitrogen and oxygen atoms in total. The molecule has 1 aliphatic carbocycles. The van der Waals surface area contributed by atoms with Crippen molar-refractivity contribution in [1.29, 1.82) is 0 Å². The highest BCUT2D eigenvalue weighted by Crippen LogP contribution is 2.38. The molecule has 0 aromatic carbocycles. The number of rotatable bonds is 0. The van der Waals surface area contributed by atoms with Crippen LogP contribution < -0.4 is 0 Å². The van der Waals surface area contributed by atoms with Gasteiger partial charge in [-0.1, -0.05) is 13.8 Å². The van der Waals surface area contributed by atoms with Gasteiger partial charge >= 0.3 is 0 Å². The molecule has 3 heteroatoms. The van der Waals surface area contributed by atoms with Crippen LogP contribution in [0, 0.1) is 6.92 Å². The first kappa shape index (κ1) is 10.3. The Balaban J connectivity index is 2.36. The van der Waals surface area contributed by atoms with Crippen molar-refractivity contribution >= 4 is 21.6 Å². The van der Waals surface area contributed by atoms with E-state index in [2.05, 4.69) is 53.4 Å².